The Morgan fingerprint density at radius 3 is 1.88 bits per heavy atom. The second-order valence-corrected chi connectivity index (χ2v) is 10.9. The lowest BCUT2D eigenvalue weighted by Crippen LogP contribution is -2.43. The van der Waals surface area contributed by atoms with Gasteiger partial charge in [0.2, 0.25) is 0 Å². The molecule has 10 nitrogen and oxygen atoms in total. The van der Waals surface area contributed by atoms with Gasteiger partial charge in [-0.2, -0.15) is 0 Å². The second kappa shape index (κ2) is 17.5. The summed E-state index contributed by atoms with van der Waals surface area (Å²) in [5.41, 5.74) is 0.548. The Morgan fingerprint density at radius 1 is 0.825 bits per heavy atom. The third-order valence-electron chi connectivity index (χ3n) is 6.79. The molecule has 0 aliphatic heterocycles. The SMILES string of the molecule is CCC(C)CC(=O)Oc1ccc(C[C@H](NCC(C)OC(=O)OC(C)C(C)C)C(=O)O)cc1OC(=O)CC(C)CC. The van der Waals surface area contributed by atoms with Crippen molar-refractivity contribution in [2.45, 2.75) is 106 Å². The number of esters is 2. The Bertz CT molecular complexity index is 978. The van der Waals surface area contributed by atoms with Crippen molar-refractivity contribution in [1.82, 2.24) is 5.32 Å². The minimum absolute atomic E-state index is 0.0356. The van der Waals surface area contributed by atoms with E-state index in [1.807, 2.05) is 41.5 Å². The van der Waals surface area contributed by atoms with Crippen LogP contribution < -0.4 is 14.8 Å². The quantitative estimate of drug-likeness (QED) is 0.183. The van der Waals surface area contributed by atoms with Crippen LogP contribution in [-0.2, 0) is 30.3 Å². The summed E-state index contributed by atoms with van der Waals surface area (Å²) in [4.78, 5) is 48.9. The van der Waals surface area contributed by atoms with Gasteiger partial charge in [-0.3, -0.25) is 14.4 Å². The summed E-state index contributed by atoms with van der Waals surface area (Å²) >= 11 is 0. The van der Waals surface area contributed by atoms with Gasteiger partial charge in [-0.05, 0) is 55.7 Å². The monoisotopic (exact) mass is 565 g/mol. The molecule has 5 atom stereocenters. The van der Waals surface area contributed by atoms with E-state index in [1.165, 1.54) is 12.1 Å². The summed E-state index contributed by atoms with van der Waals surface area (Å²) in [5.74, 6) is -1.48. The lowest BCUT2D eigenvalue weighted by Gasteiger charge is -2.21. The highest BCUT2D eigenvalue weighted by Crippen LogP contribution is 2.31. The lowest BCUT2D eigenvalue weighted by molar-refractivity contribution is -0.139. The second-order valence-electron chi connectivity index (χ2n) is 10.9. The van der Waals surface area contributed by atoms with Gasteiger partial charge in [-0.1, -0.05) is 60.5 Å². The van der Waals surface area contributed by atoms with E-state index in [0.29, 0.717) is 5.56 Å². The number of carboxylic acids is 1. The summed E-state index contributed by atoms with van der Waals surface area (Å²) in [7, 11) is 0. The largest absolute Gasteiger partial charge is 0.508 e. The van der Waals surface area contributed by atoms with Gasteiger partial charge < -0.3 is 29.4 Å². The van der Waals surface area contributed by atoms with Gasteiger partial charge in [-0.15, -0.1) is 0 Å². The fourth-order valence-corrected chi connectivity index (χ4v) is 3.34. The van der Waals surface area contributed by atoms with Crippen LogP contribution in [0.15, 0.2) is 18.2 Å². The van der Waals surface area contributed by atoms with Crippen molar-refractivity contribution in [2.75, 3.05) is 6.54 Å². The van der Waals surface area contributed by atoms with Gasteiger partial charge in [0.1, 0.15) is 18.2 Å². The minimum atomic E-state index is -1.11. The molecule has 0 amide bonds. The van der Waals surface area contributed by atoms with Crippen molar-refractivity contribution in [2.24, 2.45) is 17.8 Å². The van der Waals surface area contributed by atoms with E-state index in [0.717, 1.165) is 12.8 Å². The third-order valence-corrected chi connectivity index (χ3v) is 6.79. The highest BCUT2D eigenvalue weighted by Gasteiger charge is 2.23. The van der Waals surface area contributed by atoms with E-state index < -0.39 is 36.2 Å². The van der Waals surface area contributed by atoms with Crippen molar-refractivity contribution in [3.63, 3.8) is 0 Å². The molecule has 0 aromatic heterocycles. The third kappa shape index (κ3) is 13.3. The number of carbonyl (C=O) groups is 4. The topological polar surface area (TPSA) is 137 Å². The molecule has 0 aliphatic rings. The Hall–Kier alpha value is -3.14. The minimum Gasteiger partial charge on any atom is -0.480 e. The number of hydrogen-bond acceptors (Lipinski definition) is 9. The smallest absolute Gasteiger partial charge is 0.480 e. The molecule has 1 rings (SSSR count). The molecular formula is C30H47NO9. The van der Waals surface area contributed by atoms with E-state index in [1.54, 1.807) is 19.9 Å². The van der Waals surface area contributed by atoms with Crippen LogP contribution in [0.1, 0.15) is 86.6 Å². The Morgan fingerprint density at radius 2 is 1.38 bits per heavy atom. The maximum Gasteiger partial charge on any atom is 0.508 e. The van der Waals surface area contributed by atoms with Crippen molar-refractivity contribution in [3.8, 4) is 11.5 Å². The molecular weight excluding hydrogens is 518 g/mol. The molecule has 1 aromatic carbocycles. The predicted octanol–water partition coefficient (Wildman–Crippen LogP) is 5.54. The first kappa shape index (κ1) is 34.9. The molecule has 0 spiro atoms. The lowest BCUT2D eigenvalue weighted by atomic mass is 10.0. The summed E-state index contributed by atoms with van der Waals surface area (Å²) < 4.78 is 21.5. The molecule has 0 saturated carbocycles. The first-order valence-corrected chi connectivity index (χ1v) is 14.1. The van der Waals surface area contributed by atoms with Gasteiger partial charge in [0.25, 0.3) is 0 Å². The average Bonchev–Trinajstić information content (AvgIpc) is 2.87. The van der Waals surface area contributed by atoms with Crippen LogP contribution in [0.3, 0.4) is 0 Å². The molecule has 40 heavy (non-hydrogen) atoms. The molecule has 10 heteroatoms. The maximum absolute atomic E-state index is 12.5. The van der Waals surface area contributed by atoms with Crippen molar-refractivity contribution < 1.29 is 43.2 Å². The number of carboxylic acid groups (broad SMARTS) is 1. The molecule has 0 heterocycles. The first-order valence-electron chi connectivity index (χ1n) is 14.1. The molecule has 0 saturated heterocycles. The first-order chi connectivity index (χ1) is 18.7. The van der Waals surface area contributed by atoms with Gasteiger partial charge in [0.15, 0.2) is 11.5 Å². The predicted molar refractivity (Wildman–Crippen MR) is 150 cm³/mol. The van der Waals surface area contributed by atoms with Crippen LogP contribution in [0.2, 0.25) is 0 Å². The molecule has 2 N–H and O–H groups in total. The molecule has 0 bridgehead atoms. The van der Waals surface area contributed by atoms with Gasteiger partial charge in [0, 0.05) is 19.4 Å². The van der Waals surface area contributed by atoms with Crippen LogP contribution >= 0.6 is 0 Å². The molecule has 0 fully saturated rings. The normalized spacial score (nSPS) is 14.9. The molecule has 0 aliphatic carbocycles. The maximum atomic E-state index is 12.5. The van der Waals surface area contributed by atoms with Gasteiger partial charge in [-0.25, -0.2) is 4.79 Å². The number of rotatable bonds is 17. The molecule has 4 unspecified atom stereocenters. The van der Waals surface area contributed by atoms with Crippen molar-refractivity contribution in [1.29, 1.82) is 0 Å². The van der Waals surface area contributed by atoms with Crippen LogP contribution in [0.5, 0.6) is 11.5 Å². The average molecular weight is 566 g/mol. The molecule has 226 valence electrons. The summed E-state index contributed by atoms with van der Waals surface area (Å²) in [5, 5.41) is 12.7. The fraction of sp³-hybridized carbons (Fsp3) is 0.667. The van der Waals surface area contributed by atoms with E-state index in [-0.39, 0.29) is 61.2 Å². The number of nitrogens with one attached hydrogen (secondary N) is 1. The fourth-order valence-electron chi connectivity index (χ4n) is 3.34. The zero-order chi connectivity index (χ0) is 30.4. The van der Waals surface area contributed by atoms with Gasteiger partial charge >= 0.3 is 24.1 Å². The number of hydrogen-bond donors (Lipinski definition) is 2. The molecule has 1 aromatic rings. The van der Waals surface area contributed by atoms with Crippen LogP contribution in [0, 0.1) is 17.8 Å². The summed E-state index contributed by atoms with van der Waals surface area (Å²) in [6.07, 6.45) is 0.288. The van der Waals surface area contributed by atoms with Crippen LogP contribution in [-0.4, -0.2) is 54.0 Å². The highest BCUT2D eigenvalue weighted by atomic mass is 16.7. The van der Waals surface area contributed by atoms with E-state index in [4.69, 9.17) is 18.9 Å². The number of benzene rings is 1. The van der Waals surface area contributed by atoms with Crippen LogP contribution in [0.4, 0.5) is 4.79 Å². The van der Waals surface area contributed by atoms with Crippen molar-refractivity contribution in [3.05, 3.63) is 23.8 Å². The Kier molecular flexibility index (Phi) is 15.3. The van der Waals surface area contributed by atoms with Gasteiger partial charge in [0.05, 0.1) is 0 Å². The highest BCUT2D eigenvalue weighted by molar-refractivity contribution is 5.77. The van der Waals surface area contributed by atoms with Crippen molar-refractivity contribution >= 4 is 24.1 Å². The zero-order valence-electron chi connectivity index (χ0n) is 25.2. The van der Waals surface area contributed by atoms with Crippen LogP contribution in [0.25, 0.3) is 0 Å². The number of carbonyl (C=O) groups excluding carboxylic acids is 3. The Balaban J connectivity index is 2.99. The summed E-state index contributed by atoms with van der Waals surface area (Å²) in [6, 6.07) is 3.62. The van der Waals surface area contributed by atoms with E-state index in [2.05, 4.69) is 5.32 Å². The molecule has 0 radical (unpaired) electrons. The standard InChI is InChI=1S/C30H47NO9/c1-9-19(5)13-27(32)39-25-12-11-23(16-26(25)40-28(33)14-20(6)10-2)15-24(29(34)35)31-17-21(7)37-30(36)38-22(8)18(3)4/h11-12,16,18-22,24,31H,9-10,13-15,17H2,1-8H3,(H,34,35)/t19?,20?,21?,22?,24-/m0/s1. The number of ether oxygens (including phenoxy) is 4. The zero-order valence-corrected chi connectivity index (χ0v) is 25.2. The Labute approximate surface area is 238 Å². The number of aliphatic carboxylic acids is 1. The summed E-state index contributed by atoms with van der Waals surface area (Å²) in [6.45, 7) is 15.1. The van der Waals surface area contributed by atoms with E-state index >= 15 is 0 Å². The van der Waals surface area contributed by atoms with E-state index in [9.17, 15) is 24.3 Å².